The molecular weight excluding hydrogens is 324 g/mol. The van der Waals surface area contributed by atoms with Gasteiger partial charge in [0, 0.05) is 23.6 Å². The van der Waals surface area contributed by atoms with Gasteiger partial charge in [0.05, 0.1) is 6.54 Å². The van der Waals surface area contributed by atoms with Crippen molar-refractivity contribution in [2.24, 2.45) is 0 Å². The van der Waals surface area contributed by atoms with Crippen LogP contribution in [0.25, 0.3) is 0 Å². The minimum absolute atomic E-state index is 0.0150. The molecule has 1 aliphatic heterocycles. The Labute approximate surface area is 137 Å². The lowest BCUT2D eigenvalue weighted by molar-refractivity contribution is -0.142. The third-order valence-corrected chi connectivity index (χ3v) is 3.48. The fourth-order valence-electron chi connectivity index (χ4n) is 2.00. The van der Waals surface area contributed by atoms with Crippen LogP contribution in [0.2, 0.25) is 5.02 Å². The maximum absolute atomic E-state index is 11.8. The predicted octanol–water partition coefficient (Wildman–Crippen LogP) is 1.40. The van der Waals surface area contributed by atoms with Crippen LogP contribution in [0.3, 0.4) is 0 Å². The van der Waals surface area contributed by atoms with Crippen molar-refractivity contribution >= 4 is 35.3 Å². The van der Waals surface area contributed by atoms with Gasteiger partial charge >= 0.3 is 12.0 Å². The first-order valence-electron chi connectivity index (χ1n) is 7.00. The van der Waals surface area contributed by atoms with E-state index < -0.39 is 12.0 Å². The zero-order valence-corrected chi connectivity index (χ0v) is 13.0. The van der Waals surface area contributed by atoms with E-state index >= 15 is 0 Å². The number of nitrogens with one attached hydrogen (secondary N) is 1. The van der Waals surface area contributed by atoms with E-state index in [-0.39, 0.29) is 44.2 Å². The van der Waals surface area contributed by atoms with E-state index in [1.165, 1.54) is 0 Å². The molecule has 122 valence electrons. The fourth-order valence-corrected chi connectivity index (χ4v) is 2.13. The minimum atomic E-state index is -0.556. The van der Waals surface area contributed by atoms with Gasteiger partial charge in [-0.15, -0.1) is 0 Å². The number of carbonyl (C=O) groups is 4. The van der Waals surface area contributed by atoms with E-state index in [0.717, 1.165) is 4.90 Å². The summed E-state index contributed by atoms with van der Waals surface area (Å²) in [5, 5.41) is 2.90. The van der Waals surface area contributed by atoms with Crippen molar-refractivity contribution in [1.29, 1.82) is 0 Å². The van der Waals surface area contributed by atoms with Gasteiger partial charge in [-0.25, -0.2) is 4.79 Å². The Balaban J connectivity index is 1.69. The predicted molar refractivity (Wildman–Crippen MR) is 81.1 cm³/mol. The first kappa shape index (κ1) is 17.0. The summed E-state index contributed by atoms with van der Waals surface area (Å²) >= 11 is 5.72. The standard InChI is InChI=1S/C15H15ClN2O5/c16-11-5-3-10(4-6-11)12(19)9-23-14(21)2-1-7-18-13(20)8-17-15(18)22/h3-6H,1-2,7-9H2,(H,17,22). The van der Waals surface area contributed by atoms with Crippen molar-refractivity contribution < 1.29 is 23.9 Å². The van der Waals surface area contributed by atoms with E-state index in [9.17, 15) is 19.2 Å². The van der Waals surface area contributed by atoms with E-state index in [2.05, 4.69) is 5.32 Å². The molecule has 8 heteroatoms. The lowest BCUT2D eigenvalue weighted by atomic mass is 10.1. The van der Waals surface area contributed by atoms with Gasteiger partial charge in [0.2, 0.25) is 5.91 Å². The monoisotopic (exact) mass is 338 g/mol. The van der Waals surface area contributed by atoms with Crippen LogP contribution in [0.15, 0.2) is 24.3 Å². The second-order valence-electron chi connectivity index (χ2n) is 4.90. The second-order valence-corrected chi connectivity index (χ2v) is 5.33. The zero-order valence-electron chi connectivity index (χ0n) is 12.2. The third-order valence-electron chi connectivity index (χ3n) is 3.23. The van der Waals surface area contributed by atoms with Crippen molar-refractivity contribution in [3.05, 3.63) is 34.9 Å². The van der Waals surface area contributed by atoms with Crippen LogP contribution >= 0.6 is 11.6 Å². The number of Topliss-reactive ketones (excluding diaryl/α,β-unsaturated/α-hetero) is 1. The highest BCUT2D eigenvalue weighted by molar-refractivity contribution is 6.30. The Morgan fingerprint density at radius 2 is 1.91 bits per heavy atom. The quantitative estimate of drug-likeness (QED) is 0.461. The molecule has 1 aromatic rings. The first-order valence-corrected chi connectivity index (χ1v) is 7.38. The summed E-state index contributed by atoms with van der Waals surface area (Å²) in [6.07, 6.45) is 0.304. The molecule has 0 radical (unpaired) electrons. The van der Waals surface area contributed by atoms with E-state index in [1.54, 1.807) is 24.3 Å². The Bertz CT molecular complexity index is 613. The Morgan fingerprint density at radius 1 is 1.22 bits per heavy atom. The summed E-state index contributed by atoms with van der Waals surface area (Å²) in [6.45, 7) is -0.229. The normalized spacial score (nSPS) is 13.9. The van der Waals surface area contributed by atoms with Gasteiger partial charge in [-0.2, -0.15) is 0 Å². The summed E-state index contributed by atoms with van der Waals surface area (Å²) in [5.41, 5.74) is 0.404. The summed E-state index contributed by atoms with van der Waals surface area (Å²) < 4.78 is 4.88. The molecule has 1 saturated heterocycles. The Hall–Kier alpha value is -2.41. The van der Waals surface area contributed by atoms with Crippen molar-refractivity contribution in [2.75, 3.05) is 19.7 Å². The molecule has 0 aromatic heterocycles. The van der Waals surface area contributed by atoms with Crippen molar-refractivity contribution in [1.82, 2.24) is 10.2 Å². The van der Waals surface area contributed by atoms with Crippen LogP contribution in [-0.4, -0.2) is 48.3 Å². The lowest BCUT2D eigenvalue weighted by Crippen LogP contribution is -2.32. The number of hydrogen-bond acceptors (Lipinski definition) is 5. The number of nitrogens with zero attached hydrogens (tertiary/aromatic N) is 1. The number of urea groups is 1. The molecule has 23 heavy (non-hydrogen) atoms. The van der Waals surface area contributed by atoms with Gasteiger partial charge in [-0.05, 0) is 30.7 Å². The molecule has 1 N–H and O–H groups in total. The first-order chi connectivity index (χ1) is 11.0. The van der Waals surface area contributed by atoms with Crippen molar-refractivity contribution in [3.8, 4) is 0 Å². The second kappa shape index (κ2) is 7.73. The number of esters is 1. The maximum Gasteiger partial charge on any atom is 0.324 e. The van der Waals surface area contributed by atoms with Crippen LogP contribution in [-0.2, 0) is 14.3 Å². The minimum Gasteiger partial charge on any atom is -0.457 e. The van der Waals surface area contributed by atoms with Crippen LogP contribution in [0.4, 0.5) is 4.79 Å². The Morgan fingerprint density at radius 3 is 2.52 bits per heavy atom. The van der Waals surface area contributed by atoms with E-state index in [0.29, 0.717) is 10.6 Å². The molecule has 0 atom stereocenters. The number of carbonyl (C=O) groups excluding carboxylic acids is 4. The number of imide groups is 1. The Kier molecular flexibility index (Phi) is 5.70. The molecule has 2 rings (SSSR count). The lowest BCUT2D eigenvalue weighted by Gasteiger charge is -2.11. The molecule has 0 saturated carbocycles. The van der Waals surface area contributed by atoms with E-state index in [1.807, 2.05) is 0 Å². The van der Waals surface area contributed by atoms with E-state index in [4.69, 9.17) is 16.3 Å². The molecule has 3 amide bonds. The number of rotatable bonds is 7. The zero-order chi connectivity index (χ0) is 16.8. The number of amides is 3. The molecule has 1 heterocycles. The van der Waals surface area contributed by atoms with Crippen LogP contribution in [0, 0.1) is 0 Å². The smallest absolute Gasteiger partial charge is 0.324 e. The average molecular weight is 339 g/mol. The summed E-state index contributed by atoms with van der Waals surface area (Å²) in [7, 11) is 0. The molecule has 7 nitrogen and oxygen atoms in total. The molecular formula is C15H15ClN2O5. The van der Waals surface area contributed by atoms with Crippen LogP contribution in [0.5, 0.6) is 0 Å². The van der Waals surface area contributed by atoms with Crippen LogP contribution in [0.1, 0.15) is 23.2 Å². The summed E-state index contributed by atoms with van der Waals surface area (Å²) in [5.74, 6) is -1.20. The summed E-state index contributed by atoms with van der Waals surface area (Å²) in [6, 6.07) is 5.80. The fraction of sp³-hybridized carbons (Fsp3) is 0.333. The van der Waals surface area contributed by atoms with Crippen molar-refractivity contribution in [2.45, 2.75) is 12.8 Å². The summed E-state index contributed by atoms with van der Waals surface area (Å²) in [4.78, 5) is 47.0. The van der Waals surface area contributed by atoms with Crippen LogP contribution < -0.4 is 5.32 Å². The van der Waals surface area contributed by atoms with Gasteiger partial charge in [0.1, 0.15) is 0 Å². The highest BCUT2D eigenvalue weighted by Crippen LogP contribution is 2.10. The third kappa shape index (κ3) is 4.79. The highest BCUT2D eigenvalue weighted by atomic mass is 35.5. The molecule has 1 fully saturated rings. The SMILES string of the molecule is O=C(CCCN1C(=O)CNC1=O)OCC(=O)c1ccc(Cl)cc1. The maximum atomic E-state index is 11.8. The molecule has 0 unspecified atom stereocenters. The largest absolute Gasteiger partial charge is 0.457 e. The van der Waals surface area contributed by atoms with Gasteiger partial charge in [0.25, 0.3) is 0 Å². The van der Waals surface area contributed by atoms with Gasteiger partial charge in [-0.1, -0.05) is 11.6 Å². The van der Waals surface area contributed by atoms with Gasteiger partial charge < -0.3 is 10.1 Å². The topological polar surface area (TPSA) is 92.8 Å². The molecule has 0 bridgehead atoms. The number of ether oxygens (including phenoxy) is 1. The molecule has 0 spiro atoms. The number of ketones is 1. The number of benzene rings is 1. The molecule has 0 aliphatic carbocycles. The number of hydrogen-bond donors (Lipinski definition) is 1. The molecule has 1 aromatic carbocycles. The van der Waals surface area contributed by atoms with Crippen molar-refractivity contribution in [3.63, 3.8) is 0 Å². The van der Waals surface area contributed by atoms with Gasteiger partial charge in [-0.3, -0.25) is 19.3 Å². The number of halogens is 1. The van der Waals surface area contributed by atoms with Gasteiger partial charge in [0.15, 0.2) is 12.4 Å². The highest BCUT2D eigenvalue weighted by Gasteiger charge is 2.27. The molecule has 1 aliphatic rings. The average Bonchev–Trinajstić information content (AvgIpc) is 2.85.